The SMILES string of the molecule is [B][C@@H]1O[C@H](COC(C)C)[C@H](OP(=O)([O-])OC[C@H]2O[C@@H]([B])C[C@H]2OC(C)C)C1C#N. The van der Waals surface area contributed by atoms with Crippen LogP contribution in [-0.2, 0) is 32.6 Å². The van der Waals surface area contributed by atoms with E-state index >= 15 is 0 Å². The van der Waals surface area contributed by atoms with E-state index < -0.39 is 50.2 Å². The molecule has 12 heteroatoms. The highest BCUT2D eigenvalue weighted by atomic mass is 31.2. The highest BCUT2D eigenvalue weighted by Crippen LogP contribution is 2.45. The van der Waals surface area contributed by atoms with E-state index in [1.165, 1.54) is 0 Å². The van der Waals surface area contributed by atoms with Gasteiger partial charge in [-0.15, -0.1) is 0 Å². The molecule has 2 fully saturated rings. The molecular weight excluding hydrogens is 399 g/mol. The maximum Gasteiger partial charge on any atom is 0.268 e. The molecule has 2 rings (SSSR count). The fourth-order valence-corrected chi connectivity index (χ4v) is 4.17. The third kappa shape index (κ3) is 7.34. The molecule has 0 aromatic heterocycles. The summed E-state index contributed by atoms with van der Waals surface area (Å²) in [6, 6.07) is 0.365. The lowest BCUT2D eigenvalue weighted by Crippen LogP contribution is -2.36. The molecule has 2 aliphatic heterocycles. The quantitative estimate of drug-likeness (QED) is 0.361. The van der Waals surface area contributed by atoms with Gasteiger partial charge in [-0.25, -0.2) is 0 Å². The Labute approximate surface area is 174 Å². The van der Waals surface area contributed by atoms with Crippen LogP contribution in [0.5, 0.6) is 0 Å². The smallest absolute Gasteiger partial charge is 0.268 e. The maximum absolute atomic E-state index is 12.4. The zero-order valence-electron chi connectivity index (χ0n) is 17.1. The fourth-order valence-electron chi connectivity index (χ4n) is 3.22. The summed E-state index contributed by atoms with van der Waals surface area (Å²) in [5.41, 5.74) is 0. The van der Waals surface area contributed by atoms with Crippen LogP contribution >= 0.6 is 7.82 Å². The summed E-state index contributed by atoms with van der Waals surface area (Å²) in [6.07, 6.45) is -2.80. The number of rotatable bonds is 10. The summed E-state index contributed by atoms with van der Waals surface area (Å²) in [5.74, 6) is -0.991. The highest BCUT2D eigenvalue weighted by Gasteiger charge is 2.45. The van der Waals surface area contributed by atoms with Crippen molar-refractivity contribution in [3.63, 3.8) is 0 Å². The Bertz CT molecular complexity index is 619. The molecule has 0 saturated carbocycles. The van der Waals surface area contributed by atoms with Gasteiger partial charge in [0, 0.05) is 12.0 Å². The first-order valence-corrected chi connectivity index (χ1v) is 11.1. The van der Waals surface area contributed by atoms with Crippen molar-refractivity contribution in [3.05, 3.63) is 0 Å². The maximum atomic E-state index is 12.4. The van der Waals surface area contributed by atoms with Gasteiger partial charge in [-0.2, -0.15) is 5.26 Å². The standard InChI is InChI=1S/C17H28B2NO8P/c1-9(2)23-7-14-16(11(6-20)17(19)27-14)28-29(21,22)24-8-13-12(25-10(3)4)5-15(18)26-13/h9-17H,5,7-8H2,1-4H3,(H,21,22)/p-1/t11?,12-,13-,14-,15-,16-,17-/m1/s1. The van der Waals surface area contributed by atoms with Crippen molar-refractivity contribution in [1.29, 1.82) is 5.26 Å². The fraction of sp³-hybridized carbons (Fsp3) is 0.941. The minimum absolute atomic E-state index is 0.0269. The average molecular weight is 426 g/mol. The van der Waals surface area contributed by atoms with Crippen LogP contribution in [0.4, 0.5) is 0 Å². The number of phosphoric ester groups is 1. The molecule has 160 valence electrons. The molecule has 0 N–H and O–H groups in total. The first-order valence-electron chi connectivity index (χ1n) is 9.65. The first kappa shape index (κ1) is 24.8. The third-order valence-corrected chi connectivity index (χ3v) is 5.44. The van der Waals surface area contributed by atoms with Gasteiger partial charge in [0.1, 0.15) is 34.0 Å². The van der Waals surface area contributed by atoms with Crippen molar-refractivity contribution < 1.29 is 37.5 Å². The Morgan fingerprint density at radius 1 is 1.17 bits per heavy atom. The summed E-state index contributed by atoms with van der Waals surface area (Å²) >= 11 is 0. The predicted octanol–water partition coefficient (Wildman–Crippen LogP) is 0.392. The van der Waals surface area contributed by atoms with E-state index in [-0.39, 0.29) is 25.4 Å². The van der Waals surface area contributed by atoms with Crippen LogP contribution in [0.1, 0.15) is 34.1 Å². The summed E-state index contributed by atoms with van der Waals surface area (Å²) in [7, 11) is 6.75. The van der Waals surface area contributed by atoms with Gasteiger partial charge in [0.15, 0.2) is 0 Å². The molecule has 0 aromatic rings. The first-order chi connectivity index (χ1) is 13.5. The Morgan fingerprint density at radius 2 is 1.86 bits per heavy atom. The molecule has 0 aliphatic carbocycles. The van der Waals surface area contributed by atoms with Gasteiger partial charge in [0.05, 0.1) is 43.5 Å². The van der Waals surface area contributed by atoms with E-state index in [4.69, 9.17) is 43.7 Å². The van der Waals surface area contributed by atoms with Gasteiger partial charge in [0.25, 0.3) is 7.82 Å². The molecule has 2 saturated heterocycles. The van der Waals surface area contributed by atoms with Gasteiger partial charge in [0.2, 0.25) is 0 Å². The Morgan fingerprint density at radius 3 is 2.45 bits per heavy atom. The minimum atomic E-state index is -4.81. The van der Waals surface area contributed by atoms with Gasteiger partial charge >= 0.3 is 0 Å². The number of hydrogen-bond acceptors (Lipinski definition) is 9. The molecule has 0 amide bonds. The summed E-state index contributed by atoms with van der Waals surface area (Å²) in [4.78, 5) is 12.4. The van der Waals surface area contributed by atoms with Gasteiger partial charge in [-0.05, 0) is 34.1 Å². The topological polar surface area (TPSA) is 119 Å². The minimum Gasteiger partial charge on any atom is -0.756 e. The van der Waals surface area contributed by atoms with Crippen LogP contribution in [-0.4, -0.2) is 77.5 Å². The number of ether oxygens (including phenoxy) is 4. The Kier molecular flexibility index (Phi) is 9.20. The van der Waals surface area contributed by atoms with E-state index in [2.05, 4.69) is 0 Å². The number of nitrogens with zero attached hydrogens (tertiary/aromatic N) is 1. The van der Waals surface area contributed by atoms with Crippen LogP contribution in [0, 0.1) is 17.2 Å². The molecule has 0 spiro atoms. The molecule has 0 aromatic carbocycles. The molecule has 2 heterocycles. The van der Waals surface area contributed by atoms with E-state index in [9.17, 15) is 14.7 Å². The van der Waals surface area contributed by atoms with Crippen LogP contribution < -0.4 is 4.89 Å². The Balaban J connectivity index is 1.98. The van der Waals surface area contributed by atoms with Crippen molar-refractivity contribution in [2.45, 2.75) is 82.7 Å². The molecule has 29 heavy (non-hydrogen) atoms. The summed E-state index contributed by atoms with van der Waals surface area (Å²) in [6.45, 7) is 7.04. The molecule has 2 aliphatic rings. The lowest BCUT2D eigenvalue weighted by atomic mass is 9.86. The van der Waals surface area contributed by atoms with E-state index in [0.717, 1.165) is 0 Å². The summed E-state index contributed by atoms with van der Waals surface area (Å²) in [5, 5.41) is 9.34. The molecule has 0 bridgehead atoms. The van der Waals surface area contributed by atoms with Crippen molar-refractivity contribution in [2.24, 2.45) is 5.92 Å². The van der Waals surface area contributed by atoms with Crippen LogP contribution in [0.2, 0.25) is 0 Å². The molecule has 4 radical (unpaired) electrons. The molecular formula is C17H27B2NO8P-. The normalized spacial score (nSPS) is 37.1. The number of nitriles is 1. The predicted molar refractivity (Wildman–Crippen MR) is 102 cm³/mol. The van der Waals surface area contributed by atoms with Gasteiger partial charge in [-0.3, -0.25) is 4.57 Å². The van der Waals surface area contributed by atoms with Gasteiger partial charge < -0.3 is 32.9 Å². The second kappa shape index (κ2) is 10.7. The van der Waals surface area contributed by atoms with Crippen molar-refractivity contribution in [1.82, 2.24) is 0 Å². The lowest BCUT2D eigenvalue weighted by molar-refractivity contribution is -0.235. The second-order valence-corrected chi connectivity index (χ2v) is 9.02. The van der Waals surface area contributed by atoms with Crippen LogP contribution in [0.25, 0.3) is 0 Å². The molecule has 2 unspecified atom stereocenters. The van der Waals surface area contributed by atoms with Crippen molar-refractivity contribution >= 4 is 23.5 Å². The monoisotopic (exact) mass is 426 g/mol. The van der Waals surface area contributed by atoms with E-state index in [1.807, 2.05) is 33.8 Å². The van der Waals surface area contributed by atoms with E-state index in [0.29, 0.717) is 6.42 Å². The molecule has 9 nitrogen and oxygen atoms in total. The molecule has 8 atom stereocenters. The van der Waals surface area contributed by atoms with Crippen LogP contribution in [0.15, 0.2) is 0 Å². The number of phosphoric acid groups is 1. The zero-order valence-corrected chi connectivity index (χ0v) is 18.0. The summed E-state index contributed by atoms with van der Waals surface area (Å²) < 4.78 is 44.7. The van der Waals surface area contributed by atoms with Gasteiger partial charge in [-0.1, -0.05) is 0 Å². The Hall–Kier alpha value is -0.430. The van der Waals surface area contributed by atoms with E-state index in [1.54, 1.807) is 0 Å². The van der Waals surface area contributed by atoms with Crippen molar-refractivity contribution in [3.8, 4) is 6.07 Å². The zero-order chi connectivity index (χ0) is 21.8. The average Bonchev–Trinajstić information content (AvgIpc) is 3.09. The third-order valence-electron chi connectivity index (χ3n) is 4.47. The lowest BCUT2D eigenvalue weighted by Gasteiger charge is -2.31. The van der Waals surface area contributed by atoms with Crippen molar-refractivity contribution in [2.75, 3.05) is 13.2 Å². The van der Waals surface area contributed by atoms with Crippen LogP contribution in [0.3, 0.4) is 0 Å². The largest absolute Gasteiger partial charge is 0.756 e. The second-order valence-electron chi connectivity index (χ2n) is 7.66. The number of hydrogen-bond donors (Lipinski definition) is 0. The highest BCUT2D eigenvalue weighted by molar-refractivity contribution is 7.45.